The number of anilines is 1. The quantitative estimate of drug-likeness (QED) is 0.781. The summed E-state index contributed by atoms with van der Waals surface area (Å²) in [5.74, 6) is 0.626. The van der Waals surface area contributed by atoms with Gasteiger partial charge in [0, 0.05) is 25.5 Å². The number of pyridine rings is 1. The fraction of sp³-hybridized carbons (Fsp3) is 0.467. The second kappa shape index (κ2) is 7.23. The largest absolute Gasteiger partial charge is 0.432 e. The molecule has 1 saturated heterocycles. The molecule has 1 aromatic heterocycles. The highest BCUT2D eigenvalue weighted by Crippen LogP contribution is 2.23. The smallest absolute Gasteiger partial charge is 0.378 e. The highest BCUT2D eigenvalue weighted by atomic mass is 32.2. The molecular formula is C15H17F3N4O3S. The third kappa shape index (κ3) is 3.98. The molecule has 0 spiro atoms. The molecule has 2 aliphatic rings. The molecule has 1 fully saturated rings. The predicted octanol–water partition coefficient (Wildman–Crippen LogP) is 1.44. The van der Waals surface area contributed by atoms with E-state index in [1.807, 2.05) is 4.90 Å². The lowest BCUT2D eigenvalue weighted by Gasteiger charge is -2.28. The molecule has 7 nitrogen and oxygen atoms in total. The first-order valence-electron chi connectivity index (χ1n) is 7.89. The van der Waals surface area contributed by atoms with E-state index in [1.165, 1.54) is 12.3 Å². The number of halogens is 3. The van der Waals surface area contributed by atoms with Gasteiger partial charge in [-0.2, -0.15) is 13.2 Å². The van der Waals surface area contributed by atoms with Crippen molar-refractivity contribution in [3.8, 4) is 0 Å². The van der Waals surface area contributed by atoms with E-state index in [1.54, 1.807) is 6.07 Å². The maximum Gasteiger partial charge on any atom is 0.432 e. The number of alkyl halides is 3. The number of ether oxygens (including phenoxy) is 1. The van der Waals surface area contributed by atoms with Gasteiger partial charge in [0.05, 0.1) is 26.3 Å². The van der Waals surface area contributed by atoms with Gasteiger partial charge in [-0.3, -0.25) is 9.30 Å². The van der Waals surface area contributed by atoms with E-state index < -0.39 is 21.9 Å². The maximum absolute atomic E-state index is 12.7. The lowest BCUT2D eigenvalue weighted by atomic mass is 10.3. The van der Waals surface area contributed by atoms with Gasteiger partial charge in [0.1, 0.15) is 16.4 Å². The Labute approximate surface area is 148 Å². The van der Waals surface area contributed by atoms with Crippen molar-refractivity contribution in [3.05, 3.63) is 30.6 Å². The fourth-order valence-electron chi connectivity index (χ4n) is 2.57. The predicted molar refractivity (Wildman–Crippen MR) is 88.7 cm³/mol. The van der Waals surface area contributed by atoms with Gasteiger partial charge >= 0.3 is 6.18 Å². The van der Waals surface area contributed by atoms with Crippen molar-refractivity contribution in [1.29, 1.82) is 0 Å². The molecule has 0 N–H and O–H groups in total. The molecular weight excluding hydrogens is 373 g/mol. The van der Waals surface area contributed by atoms with Gasteiger partial charge in [0.25, 0.3) is 10.0 Å². The summed E-state index contributed by atoms with van der Waals surface area (Å²) in [6, 6.07) is 2.98. The molecule has 0 radical (unpaired) electrons. The average Bonchev–Trinajstić information content (AvgIpc) is 2.89. The third-order valence-corrected chi connectivity index (χ3v) is 5.71. The summed E-state index contributed by atoms with van der Waals surface area (Å²) in [4.78, 5) is 9.44. The SMILES string of the molecule is O=S(=O)(c1ccc(N2CCOCC2)nc1)N1C=CC(C(F)(F)F)=NCC1. The zero-order chi connectivity index (χ0) is 18.8. The first kappa shape index (κ1) is 18.6. The van der Waals surface area contributed by atoms with E-state index in [9.17, 15) is 21.6 Å². The number of nitrogens with zero attached hydrogens (tertiary/aromatic N) is 4. The first-order valence-corrected chi connectivity index (χ1v) is 9.33. The van der Waals surface area contributed by atoms with E-state index in [4.69, 9.17) is 4.74 Å². The number of allylic oxidation sites excluding steroid dienone is 1. The van der Waals surface area contributed by atoms with Crippen LogP contribution in [-0.4, -0.2) is 69.0 Å². The summed E-state index contributed by atoms with van der Waals surface area (Å²) in [5.41, 5.74) is -1.10. The maximum atomic E-state index is 12.7. The second-order valence-corrected chi connectivity index (χ2v) is 7.54. The summed E-state index contributed by atoms with van der Waals surface area (Å²) >= 11 is 0. The molecule has 0 unspecified atom stereocenters. The number of sulfonamides is 1. The Morgan fingerprint density at radius 1 is 1.12 bits per heavy atom. The van der Waals surface area contributed by atoms with Gasteiger partial charge in [0.15, 0.2) is 0 Å². The van der Waals surface area contributed by atoms with Crippen LogP contribution in [0.4, 0.5) is 19.0 Å². The molecule has 3 heterocycles. The monoisotopic (exact) mass is 390 g/mol. The molecule has 0 atom stereocenters. The summed E-state index contributed by atoms with van der Waals surface area (Å²) in [6.07, 6.45) is -1.84. The molecule has 2 aliphatic heterocycles. The number of hydrogen-bond donors (Lipinski definition) is 0. The summed E-state index contributed by atoms with van der Waals surface area (Å²) < 4.78 is 69.6. The van der Waals surface area contributed by atoms with Crippen LogP contribution < -0.4 is 4.90 Å². The minimum Gasteiger partial charge on any atom is -0.378 e. The molecule has 0 bridgehead atoms. The fourth-order valence-corrected chi connectivity index (χ4v) is 3.81. The number of aliphatic imine (C=N–C) groups is 1. The van der Waals surface area contributed by atoms with Crippen molar-refractivity contribution < 1.29 is 26.3 Å². The van der Waals surface area contributed by atoms with E-state index >= 15 is 0 Å². The van der Waals surface area contributed by atoms with Crippen LogP contribution in [0, 0.1) is 0 Å². The van der Waals surface area contributed by atoms with Crippen LogP contribution in [0.15, 0.2) is 40.5 Å². The van der Waals surface area contributed by atoms with Crippen LogP contribution in [-0.2, 0) is 14.8 Å². The molecule has 0 aromatic carbocycles. The van der Waals surface area contributed by atoms with E-state index in [2.05, 4.69) is 9.98 Å². The molecule has 26 heavy (non-hydrogen) atoms. The van der Waals surface area contributed by atoms with Crippen LogP contribution in [0.2, 0.25) is 0 Å². The van der Waals surface area contributed by atoms with Crippen LogP contribution in [0.5, 0.6) is 0 Å². The highest BCUT2D eigenvalue weighted by Gasteiger charge is 2.35. The van der Waals surface area contributed by atoms with Gasteiger partial charge < -0.3 is 9.64 Å². The van der Waals surface area contributed by atoms with Crippen molar-refractivity contribution in [1.82, 2.24) is 9.29 Å². The molecule has 0 aliphatic carbocycles. The normalized spacial score (nSPS) is 19.3. The lowest BCUT2D eigenvalue weighted by molar-refractivity contribution is -0.0578. The minimum absolute atomic E-state index is 0.0883. The number of hydrogen-bond acceptors (Lipinski definition) is 6. The summed E-state index contributed by atoms with van der Waals surface area (Å²) in [6.45, 7) is 2.00. The van der Waals surface area contributed by atoms with E-state index in [0.29, 0.717) is 38.2 Å². The topological polar surface area (TPSA) is 75.1 Å². The van der Waals surface area contributed by atoms with E-state index in [0.717, 1.165) is 10.5 Å². The van der Waals surface area contributed by atoms with Gasteiger partial charge in [-0.05, 0) is 18.2 Å². The lowest BCUT2D eigenvalue weighted by Crippen LogP contribution is -2.36. The first-order chi connectivity index (χ1) is 12.3. The molecule has 3 rings (SSSR count). The van der Waals surface area contributed by atoms with Crippen LogP contribution in [0.25, 0.3) is 0 Å². The molecule has 1 aromatic rings. The van der Waals surface area contributed by atoms with Crippen LogP contribution in [0.3, 0.4) is 0 Å². The number of rotatable bonds is 3. The molecule has 0 saturated carbocycles. The molecule has 142 valence electrons. The minimum atomic E-state index is -4.61. The Kier molecular flexibility index (Phi) is 5.19. The zero-order valence-electron chi connectivity index (χ0n) is 13.7. The summed E-state index contributed by atoms with van der Waals surface area (Å²) in [7, 11) is -4.00. The average molecular weight is 390 g/mol. The number of morpholine rings is 1. The zero-order valence-corrected chi connectivity index (χ0v) is 14.5. The van der Waals surface area contributed by atoms with Crippen LogP contribution in [0.1, 0.15) is 0 Å². The second-order valence-electron chi connectivity index (χ2n) is 5.65. The Hall–Kier alpha value is -2.14. The van der Waals surface area contributed by atoms with E-state index in [-0.39, 0.29) is 18.0 Å². The van der Waals surface area contributed by atoms with Crippen molar-refractivity contribution in [2.24, 2.45) is 4.99 Å². The Morgan fingerprint density at radius 2 is 1.85 bits per heavy atom. The Morgan fingerprint density at radius 3 is 2.46 bits per heavy atom. The van der Waals surface area contributed by atoms with Crippen molar-refractivity contribution in [2.45, 2.75) is 11.1 Å². The Bertz CT molecular complexity index is 800. The standard InChI is InChI=1S/C15H17F3N4O3S/c16-15(17,18)13-3-5-22(6-4-19-13)26(23,24)12-1-2-14(20-11-12)21-7-9-25-10-8-21/h1-3,5,11H,4,6-10H2. The number of aromatic nitrogens is 1. The van der Waals surface area contributed by atoms with Crippen LogP contribution >= 0.6 is 0 Å². The van der Waals surface area contributed by atoms with Gasteiger partial charge in [-0.1, -0.05) is 0 Å². The summed E-state index contributed by atoms with van der Waals surface area (Å²) in [5, 5.41) is 0. The van der Waals surface area contributed by atoms with Gasteiger partial charge in [0.2, 0.25) is 0 Å². The van der Waals surface area contributed by atoms with Crippen molar-refractivity contribution in [2.75, 3.05) is 44.3 Å². The third-order valence-electron chi connectivity index (χ3n) is 3.95. The van der Waals surface area contributed by atoms with Gasteiger partial charge in [-0.15, -0.1) is 0 Å². The van der Waals surface area contributed by atoms with Gasteiger partial charge in [-0.25, -0.2) is 13.4 Å². The van der Waals surface area contributed by atoms with Crippen molar-refractivity contribution >= 4 is 21.6 Å². The highest BCUT2D eigenvalue weighted by molar-refractivity contribution is 7.89. The molecule has 11 heteroatoms. The molecule has 0 amide bonds. The van der Waals surface area contributed by atoms with Crippen molar-refractivity contribution in [3.63, 3.8) is 0 Å². The Balaban J connectivity index is 1.78.